The molecule has 7 nitrogen and oxygen atoms in total. The number of carbonyl (C=O) groups excluding carboxylic acids is 3. The first-order valence-corrected chi connectivity index (χ1v) is 11.0. The number of rotatable bonds is 8. The number of fused-ring (bicyclic) bond motifs is 1. The molecule has 0 unspecified atom stereocenters. The number of benzene rings is 2. The number of hydrogen-bond donors (Lipinski definition) is 0. The topological polar surface area (TPSA) is 88.1 Å². The van der Waals surface area contributed by atoms with Crippen LogP contribution >= 0.6 is 0 Å². The smallest absolute Gasteiger partial charge is 0.465 e. The Bertz CT molecular complexity index is 1070. The number of aryl methyl sites for hydroxylation is 1. The quantitative estimate of drug-likeness (QED) is 0.334. The van der Waals surface area contributed by atoms with Gasteiger partial charge in [0.1, 0.15) is 6.61 Å². The number of ether oxygens (including phenoxy) is 4. The van der Waals surface area contributed by atoms with Crippen LogP contribution in [0.5, 0.6) is 0 Å². The van der Waals surface area contributed by atoms with Crippen molar-refractivity contribution in [1.82, 2.24) is 0 Å². The van der Waals surface area contributed by atoms with E-state index in [9.17, 15) is 14.4 Å². The maximum Gasteiger partial charge on any atom is 0.508 e. The van der Waals surface area contributed by atoms with Crippen LogP contribution in [-0.2, 0) is 34.0 Å². The van der Waals surface area contributed by atoms with E-state index in [4.69, 9.17) is 18.9 Å². The van der Waals surface area contributed by atoms with Crippen molar-refractivity contribution in [2.24, 2.45) is 0 Å². The molecule has 1 aliphatic rings. The molecule has 7 heteroatoms. The third-order valence-corrected chi connectivity index (χ3v) is 5.53. The molecule has 0 aliphatic heterocycles. The Labute approximate surface area is 193 Å². The van der Waals surface area contributed by atoms with E-state index in [0.717, 1.165) is 11.1 Å². The van der Waals surface area contributed by atoms with Gasteiger partial charge in [0.05, 0.1) is 19.8 Å². The molecule has 0 bridgehead atoms. The molecule has 0 saturated carbocycles. The van der Waals surface area contributed by atoms with Crippen LogP contribution < -0.4 is 0 Å². The Kier molecular flexibility index (Phi) is 7.53. The standard InChI is InChI=1S/C26H28O7/c1-5-30-23(27)26(24(28)31-6-2)20-15-11-10-14-19(20)22(18-13-9-8-12-17(18)4)21(26)16-33-25(29)32-7-3/h8-15H,5-7,16H2,1-4H3. The number of hydrogen-bond acceptors (Lipinski definition) is 7. The largest absolute Gasteiger partial charge is 0.508 e. The molecule has 33 heavy (non-hydrogen) atoms. The monoisotopic (exact) mass is 452 g/mol. The molecule has 0 aromatic heterocycles. The molecule has 0 N–H and O–H groups in total. The minimum absolute atomic E-state index is 0.0634. The van der Waals surface area contributed by atoms with Crippen LogP contribution in [0.25, 0.3) is 5.57 Å². The van der Waals surface area contributed by atoms with Gasteiger partial charge in [-0.1, -0.05) is 48.5 Å². The lowest BCUT2D eigenvalue weighted by Crippen LogP contribution is -2.47. The SMILES string of the molecule is CCOC(=O)OCC1=C(c2ccccc2C)c2ccccc2C1(C(=O)OCC)C(=O)OCC. The number of carbonyl (C=O) groups is 3. The number of esters is 2. The highest BCUT2D eigenvalue weighted by Crippen LogP contribution is 2.51. The Balaban J connectivity index is 2.37. The van der Waals surface area contributed by atoms with Gasteiger partial charge in [-0.25, -0.2) is 4.79 Å². The third-order valence-electron chi connectivity index (χ3n) is 5.53. The first-order chi connectivity index (χ1) is 15.9. The summed E-state index contributed by atoms with van der Waals surface area (Å²) >= 11 is 0. The second-order valence-corrected chi connectivity index (χ2v) is 7.38. The lowest BCUT2D eigenvalue weighted by Gasteiger charge is -2.29. The van der Waals surface area contributed by atoms with Crippen LogP contribution in [0.3, 0.4) is 0 Å². The fourth-order valence-electron chi connectivity index (χ4n) is 4.20. The van der Waals surface area contributed by atoms with E-state index in [1.165, 1.54) is 0 Å². The van der Waals surface area contributed by atoms with Gasteiger partial charge >= 0.3 is 18.1 Å². The summed E-state index contributed by atoms with van der Waals surface area (Å²) in [4.78, 5) is 39.2. The minimum atomic E-state index is -1.91. The lowest BCUT2D eigenvalue weighted by molar-refractivity contribution is -0.162. The molecule has 2 aromatic carbocycles. The summed E-state index contributed by atoms with van der Waals surface area (Å²) in [7, 11) is 0. The van der Waals surface area contributed by atoms with E-state index in [2.05, 4.69) is 0 Å². The predicted octanol–water partition coefficient (Wildman–Crippen LogP) is 4.35. The summed E-state index contributed by atoms with van der Waals surface area (Å²) < 4.78 is 21.1. The fraction of sp³-hybridized carbons (Fsp3) is 0.346. The molecule has 0 amide bonds. The molecule has 0 fully saturated rings. The van der Waals surface area contributed by atoms with Crippen molar-refractivity contribution in [3.63, 3.8) is 0 Å². The highest BCUT2D eigenvalue weighted by Gasteiger charge is 2.59. The van der Waals surface area contributed by atoms with Gasteiger partial charge < -0.3 is 18.9 Å². The zero-order valence-electron chi connectivity index (χ0n) is 19.3. The second-order valence-electron chi connectivity index (χ2n) is 7.38. The van der Waals surface area contributed by atoms with E-state index in [1.54, 1.807) is 32.9 Å². The Morgan fingerprint density at radius 2 is 1.27 bits per heavy atom. The molecule has 0 saturated heterocycles. The van der Waals surface area contributed by atoms with E-state index in [1.807, 2.05) is 43.3 Å². The Morgan fingerprint density at radius 1 is 0.727 bits per heavy atom. The summed E-state index contributed by atoms with van der Waals surface area (Å²) in [6.07, 6.45) is -0.897. The van der Waals surface area contributed by atoms with Crippen molar-refractivity contribution in [3.05, 3.63) is 76.4 Å². The average molecular weight is 453 g/mol. The van der Waals surface area contributed by atoms with E-state index >= 15 is 0 Å². The van der Waals surface area contributed by atoms with Gasteiger partial charge in [0.2, 0.25) is 5.41 Å². The predicted molar refractivity (Wildman–Crippen MR) is 122 cm³/mol. The van der Waals surface area contributed by atoms with Crippen LogP contribution in [-0.4, -0.2) is 44.5 Å². The second kappa shape index (κ2) is 10.3. The summed E-state index contributed by atoms with van der Waals surface area (Å²) in [5, 5.41) is 0. The van der Waals surface area contributed by atoms with Gasteiger partial charge in [-0.2, -0.15) is 0 Å². The maximum absolute atomic E-state index is 13.6. The highest BCUT2D eigenvalue weighted by atomic mass is 16.7. The summed E-state index contributed by atoms with van der Waals surface area (Å²) in [6.45, 7) is 6.83. The van der Waals surface area contributed by atoms with Gasteiger partial charge in [-0.05, 0) is 55.5 Å². The summed E-state index contributed by atoms with van der Waals surface area (Å²) in [6, 6.07) is 14.7. The third kappa shape index (κ3) is 4.23. The molecule has 174 valence electrons. The van der Waals surface area contributed by atoms with Crippen molar-refractivity contribution >= 4 is 23.7 Å². The van der Waals surface area contributed by atoms with Crippen molar-refractivity contribution in [2.45, 2.75) is 33.1 Å². The van der Waals surface area contributed by atoms with Crippen molar-refractivity contribution in [3.8, 4) is 0 Å². The first-order valence-electron chi connectivity index (χ1n) is 11.0. The fourth-order valence-corrected chi connectivity index (χ4v) is 4.20. The van der Waals surface area contributed by atoms with Gasteiger partial charge in [0.25, 0.3) is 0 Å². The van der Waals surface area contributed by atoms with Crippen LogP contribution in [0.1, 0.15) is 43.0 Å². The average Bonchev–Trinajstić information content (AvgIpc) is 3.09. The zero-order chi connectivity index (χ0) is 24.0. The molecule has 0 radical (unpaired) electrons. The van der Waals surface area contributed by atoms with Crippen molar-refractivity contribution in [2.75, 3.05) is 26.4 Å². The van der Waals surface area contributed by atoms with Crippen LogP contribution in [0.15, 0.2) is 54.1 Å². The van der Waals surface area contributed by atoms with Gasteiger partial charge in [-0.3, -0.25) is 9.59 Å². The van der Waals surface area contributed by atoms with Crippen LogP contribution in [0, 0.1) is 6.92 Å². The molecule has 3 rings (SSSR count). The summed E-state index contributed by atoms with van der Waals surface area (Å²) in [5.41, 5.74) is 1.85. The Morgan fingerprint density at radius 3 is 1.85 bits per heavy atom. The molecule has 0 heterocycles. The van der Waals surface area contributed by atoms with E-state index < -0.39 is 23.5 Å². The first kappa shape index (κ1) is 24.0. The van der Waals surface area contributed by atoms with Gasteiger partial charge in [0, 0.05) is 5.57 Å². The molecular weight excluding hydrogens is 424 g/mol. The zero-order valence-corrected chi connectivity index (χ0v) is 19.3. The van der Waals surface area contributed by atoms with Gasteiger partial charge in [0.15, 0.2) is 0 Å². The minimum Gasteiger partial charge on any atom is -0.465 e. The van der Waals surface area contributed by atoms with E-state index in [-0.39, 0.29) is 32.0 Å². The highest BCUT2D eigenvalue weighted by molar-refractivity contribution is 6.16. The van der Waals surface area contributed by atoms with E-state index in [0.29, 0.717) is 16.7 Å². The lowest BCUT2D eigenvalue weighted by atomic mass is 9.77. The molecule has 2 aromatic rings. The molecule has 0 spiro atoms. The molecule has 0 atom stereocenters. The van der Waals surface area contributed by atoms with Crippen molar-refractivity contribution in [1.29, 1.82) is 0 Å². The van der Waals surface area contributed by atoms with Gasteiger partial charge in [-0.15, -0.1) is 0 Å². The normalized spacial score (nSPS) is 13.8. The maximum atomic E-state index is 13.6. The molecule has 1 aliphatic carbocycles. The Hall–Kier alpha value is -3.61. The van der Waals surface area contributed by atoms with Crippen LogP contribution in [0.2, 0.25) is 0 Å². The van der Waals surface area contributed by atoms with Crippen molar-refractivity contribution < 1.29 is 33.3 Å². The summed E-state index contributed by atoms with van der Waals surface area (Å²) in [5.74, 6) is -1.55. The van der Waals surface area contributed by atoms with Crippen LogP contribution in [0.4, 0.5) is 4.79 Å². The molecular formula is C26H28O7.